The van der Waals surface area contributed by atoms with Crippen LogP contribution in [-0.4, -0.2) is 29.9 Å². The minimum atomic E-state index is -0.113. The lowest BCUT2D eigenvalue weighted by atomic mass is 9.84. The van der Waals surface area contributed by atoms with Crippen LogP contribution in [0.1, 0.15) is 36.8 Å². The largest absolute Gasteiger partial charge is 0.343 e. The van der Waals surface area contributed by atoms with Crippen molar-refractivity contribution in [3.8, 4) is 0 Å². The molecular formula is C16H20N2O. The molecule has 0 bridgehead atoms. The van der Waals surface area contributed by atoms with Crippen molar-refractivity contribution >= 4 is 16.8 Å². The Labute approximate surface area is 114 Å². The number of hydrogen-bond donors (Lipinski definition) is 0. The standard InChI is InChI=1S/C16H20N2O/c1-16(2,3)12-10-11-8-6-7-9-13(11)17-14(12)15(19)18(4)5/h6-10H,1-5H3. The van der Waals surface area contributed by atoms with Crippen LogP contribution in [0, 0.1) is 0 Å². The van der Waals surface area contributed by atoms with Crippen LogP contribution in [0.5, 0.6) is 0 Å². The summed E-state index contributed by atoms with van der Waals surface area (Å²) in [6, 6.07) is 9.98. The van der Waals surface area contributed by atoms with Gasteiger partial charge in [0.25, 0.3) is 5.91 Å². The maximum Gasteiger partial charge on any atom is 0.272 e. The summed E-state index contributed by atoms with van der Waals surface area (Å²) in [6.45, 7) is 6.31. The van der Waals surface area contributed by atoms with E-state index in [1.807, 2.05) is 24.3 Å². The van der Waals surface area contributed by atoms with E-state index in [2.05, 4.69) is 31.8 Å². The molecule has 0 fully saturated rings. The average Bonchev–Trinajstić information content (AvgIpc) is 2.35. The zero-order chi connectivity index (χ0) is 14.2. The van der Waals surface area contributed by atoms with E-state index >= 15 is 0 Å². The van der Waals surface area contributed by atoms with Crippen molar-refractivity contribution in [2.75, 3.05) is 14.1 Å². The second-order valence-electron chi connectivity index (χ2n) is 6.03. The van der Waals surface area contributed by atoms with E-state index in [0.29, 0.717) is 5.69 Å². The summed E-state index contributed by atoms with van der Waals surface area (Å²) in [7, 11) is 3.51. The number of hydrogen-bond acceptors (Lipinski definition) is 2. The fourth-order valence-electron chi connectivity index (χ4n) is 2.06. The summed E-state index contributed by atoms with van der Waals surface area (Å²) in [5, 5.41) is 1.07. The van der Waals surface area contributed by atoms with E-state index in [9.17, 15) is 4.79 Å². The molecular weight excluding hydrogens is 236 g/mol. The second-order valence-corrected chi connectivity index (χ2v) is 6.03. The topological polar surface area (TPSA) is 33.2 Å². The molecule has 2 aromatic rings. The first kappa shape index (κ1) is 13.5. The first-order valence-corrected chi connectivity index (χ1v) is 6.42. The van der Waals surface area contributed by atoms with E-state index < -0.39 is 0 Å². The highest BCUT2D eigenvalue weighted by Gasteiger charge is 2.24. The third-order valence-corrected chi connectivity index (χ3v) is 3.14. The van der Waals surface area contributed by atoms with Gasteiger partial charge in [-0.2, -0.15) is 0 Å². The molecule has 0 spiro atoms. The second kappa shape index (κ2) is 4.65. The van der Waals surface area contributed by atoms with Crippen LogP contribution < -0.4 is 0 Å². The Morgan fingerprint density at radius 3 is 2.37 bits per heavy atom. The normalized spacial score (nSPS) is 11.6. The van der Waals surface area contributed by atoms with Gasteiger partial charge in [-0.15, -0.1) is 0 Å². The molecule has 0 radical (unpaired) electrons. The Bertz CT molecular complexity index is 624. The minimum absolute atomic E-state index is 0.0457. The maximum absolute atomic E-state index is 12.3. The first-order chi connectivity index (χ1) is 8.80. The minimum Gasteiger partial charge on any atom is -0.343 e. The molecule has 0 aliphatic heterocycles. The van der Waals surface area contributed by atoms with Gasteiger partial charge in [-0.1, -0.05) is 39.0 Å². The predicted octanol–water partition coefficient (Wildman–Crippen LogP) is 3.23. The average molecular weight is 256 g/mol. The van der Waals surface area contributed by atoms with Gasteiger partial charge in [0.1, 0.15) is 5.69 Å². The van der Waals surface area contributed by atoms with Crippen LogP contribution in [0.4, 0.5) is 0 Å². The highest BCUT2D eigenvalue weighted by Crippen LogP contribution is 2.28. The van der Waals surface area contributed by atoms with Gasteiger partial charge in [0.05, 0.1) is 5.52 Å². The van der Waals surface area contributed by atoms with E-state index in [4.69, 9.17) is 0 Å². The van der Waals surface area contributed by atoms with Gasteiger partial charge in [-0.3, -0.25) is 4.79 Å². The van der Waals surface area contributed by atoms with Gasteiger partial charge in [0.2, 0.25) is 0 Å². The quantitative estimate of drug-likeness (QED) is 0.784. The van der Waals surface area contributed by atoms with Crippen molar-refractivity contribution < 1.29 is 4.79 Å². The number of carbonyl (C=O) groups excluding carboxylic acids is 1. The first-order valence-electron chi connectivity index (χ1n) is 6.42. The number of aromatic nitrogens is 1. The maximum atomic E-state index is 12.3. The summed E-state index contributed by atoms with van der Waals surface area (Å²) in [4.78, 5) is 18.5. The van der Waals surface area contributed by atoms with Crippen LogP contribution in [0.15, 0.2) is 30.3 Å². The van der Waals surface area contributed by atoms with Crippen LogP contribution in [0.3, 0.4) is 0 Å². The van der Waals surface area contributed by atoms with E-state index in [-0.39, 0.29) is 11.3 Å². The number of fused-ring (bicyclic) bond motifs is 1. The summed E-state index contributed by atoms with van der Waals surface area (Å²) < 4.78 is 0. The van der Waals surface area contributed by atoms with Gasteiger partial charge < -0.3 is 4.90 Å². The van der Waals surface area contributed by atoms with Crippen molar-refractivity contribution in [3.63, 3.8) is 0 Å². The molecule has 0 unspecified atom stereocenters. The molecule has 0 N–H and O–H groups in total. The molecule has 1 heterocycles. The number of para-hydroxylation sites is 1. The Kier molecular flexibility index (Phi) is 3.31. The van der Waals surface area contributed by atoms with Crippen LogP contribution in [0.25, 0.3) is 10.9 Å². The summed E-state index contributed by atoms with van der Waals surface area (Å²) >= 11 is 0. The highest BCUT2D eigenvalue weighted by atomic mass is 16.2. The number of rotatable bonds is 1. The zero-order valence-electron chi connectivity index (χ0n) is 12.2. The number of amides is 1. The predicted molar refractivity (Wildman–Crippen MR) is 78.5 cm³/mol. The number of carbonyl (C=O) groups is 1. The Hall–Kier alpha value is -1.90. The van der Waals surface area contributed by atoms with Gasteiger partial charge in [-0.05, 0) is 23.1 Å². The molecule has 1 aromatic carbocycles. The molecule has 1 amide bonds. The highest BCUT2D eigenvalue weighted by molar-refractivity contribution is 5.96. The lowest BCUT2D eigenvalue weighted by Crippen LogP contribution is -2.27. The van der Waals surface area contributed by atoms with E-state index in [1.165, 1.54) is 0 Å². The number of nitrogens with zero attached hydrogens (tertiary/aromatic N) is 2. The molecule has 2 rings (SSSR count). The molecule has 100 valence electrons. The molecule has 0 saturated heterocycles. The van der Waals surface area contributed by atoms with Gasteiger partial charge >= 0.3 is 0 Å². The van der Waals surface area contributed by atoms with Gasteiger partial charge in [-0.25, -0.2) is 4.98 Å². The van der Waals surface area contributed by atoms with E-state index in [0.717, 1.165) is 16.5 Å². The van der Waals surface area contributed by atoms with Crippen LogP contribution in [-0.2, 0) is 5.41 Å². The van der Waals surface area contributed by atoms with Crippen LogP contribution in [0.2, 0.25) is 0 Å². The number of pyridine rings is 1. The Morgan fingerprint density at radius 1 is 1.16 bits per heavy atom. The lowest BCUT2D eigenvalue weighted by Gasteiger charge is -2.23. The lowest BCUT2D eigenvalue weighted by molar-refractivity contribution is 0.0819. The Morgan fingerprint density at radius 2 is 1.79 bits per heavy atom. The third-order valence-electron chi connectivity index (χ3n) is 3.14. The smallest absolute Gasteiger partial charge is 0.272 e. The summed E-state index contributed by atoms with van der Waals surface area (Å²) in [5.41, 5.74) is 2.29. The van der Waals surface area contributed by atoms with Crippen molar-refractivity contribution in [2.45, 2.75) is 26.2 Å². The van der Waals surface area contributed by atoms with Gasteiger partial charge in [0.15, 0.2) is 0 Å². The zero-order valence-corrected chi connectivity index (χ0v) is 12.2. The van der Waals surface area contributed by atoms with Crippen molar-refractivity contribution in [2.24, 2.45) is 0 Å². The van der Waals surface area contributed by atoms with E-state index in [1.54, 1.807) is 19.0 Å². The summed E-state index contributed by atoms with van der Waals surface area (Å²) in [6.07, 6.45) is 0. The number of benzene rings is 1. The Balaban J connectivity index is 2.75. The molecule has 0 atom stereocenters. The van der Waals surface area contributed by atoms with Crippen molar-refractivity contribution in [3.05, 3.63) is 41.6 Å². The summed E-state index contributed by atoms with van der Waals surface area (Å²) in [5.74, 6) is -0.0457. The van der Waals surface area contributed by atoms with Crippen molar-refractivity contribution in [1.82, 2.24) is 9.88 Å². The molecule has 3 nitrogen and oxygen atoms in total. The van der Waals surface area contributed by atoms with Crippen molar-refractivity contribution in [1.29, 1.82) is 0 Å². The molecule has 3 heteroatoms. The molecule has 1 aromatic heterocycles. The SMILES string of the molecule is CN(C)C(=O)c1nc2ccccc2cc1C(C)(C)C. The molecule has 19 heavy (non-hydrogen) atoms. The van der Waals surface area contributed by atoms with Gasteiger partial charge in [0, 0.05) is 19.5 Å². The third kappa shape index (κ3) is 2.60. The molecule has 0 aliphatic rings. The van der Waals surface area contributed by atoms with Crippen LogP contribution >= 0.6 is 0 Å². The molecule has 0 saturated carbocycles. The fourth-order valence-corrected chi connectivity index (χ4v) is 2.06. The molecule has 0 aliphatic carbocycles. The fraction of sp³-hybridized carbons (Fsp3) is 0.375. The monoisotopic (exact) mass is 256 g/mol.